The third-order valence-electron chi connectivity index (χ3n) is 4.46. The molecule has 0 aliphatic carbocycles. The zero-order chi connectivity index (χ0) is 17.2. The van der Waals surface area contributed by atoms with Gasteiger partial charge in [0.1, 0.15) is 11.4 Å². The van der Waals surface area contributed by atoms with Gasteiger partial charge in [0.05, 0.1) is 18.9 Å². The molecule has 1 N–H and O–H groups in total. The summed E-state index contributed by atoms with van der Waals surface area (Å²) in [6, 6.07) is 17.4. The van der Waals surface area contributed by atoms with Gasteiger partial charge < -0.3 is 14.7 Å². The number of aromatic nitrogens is 1. The highest BCUT2D eigenvalue weighted by Crippen LogP contribution is 2.22. The van der Waals surface area contributed by atoms with Crippen molar-refractivity contribution in [3.63, 3.8) is 0 Å². The Kier molecular flexibility index (Phi) is 4.07. The van der Waals surface area contributed by atoms with Crippen LogP contribution in [-0.2, 0) is 11.3 Å². The van der Waals surface area contributed by atoms with Crippen LogP contribution >= 0.6 is 0 Å². The van der Waals surface area contributed by atoms with Crippen molar-refractivity contribution in [1.29, 1.82) is 0 Å². The highest BCUT2D eigenvalue weighted by molar-refractivity contribution is 5.93. The van der Waals surface area contributed by atoms with Gasteiger partial charge in [-0.05, 0) is 28.5 Å². The number of rotatable bonds is 4. The van der Waals surface area contributed by atoms with Crippen LogP contribution in [0.3, 0.4) is 0 Å². The van der Waals surface area contributed by atoms with Gasteiger partial charge in [0.2, 0.25) is 0 Å². The maximum atomic E-state index is 12.3. The Hall–Kier alpha value is -2.92. The topological polar surface area (TPSA) is 62.7 Å². The average Bonchev–Trinajstić information content (AvgIpc) is 2.61. The van der Waals surface area contributed by atoms with Crippen molar-refractivity contribution >= 4 is 16.7 Å². The Morgan fingerprint density at radius 3 is 2.72 bits per heavy atom. The minimum Gasteiger partial charge on any atom is -0.506 e. The summed E-state index contributed by atoms with van der Waals surface area (Å²) in [7, 11) is 0. The molecule has 25 heavy (non-hydrogen) atoms. The predicted octanol–water partition coefficient (Wildman–Crippen LogP) is 2.98. The molecule has 3 aromatic rings. The van der Waals surface area contributed by atoms with Gasteiger partial charge in [-0.25, -0.2) is 4.98 Å². The van der Waals surface area contributed by atoms with Gasteiger partial charge in [0, 0.05) is 13.1 Å². The van der Waals surface area contributed by atoms with Crippen molar-refractivity contribution in [2.45, 2.75) is 12.7 Å². The van der Waals surface area contributed by atoms with Gasteiger partial charge in [-0.1, -0.05) is 42.5 Å². The lowest BCUT2D eigenvalue weighted by Crippen LogP contribution is -2.54. The number of carbonyl (C=O) groups is 1. The summed E-state index contributed by atoms with van der Waals surface area (Å²) in [4.78, 5) is 17.9. The van der Waals surface area contributed by atoms with E-state index in [1.54, 1.807) is 4.90 Å². The second-order valence-electron chi connectivity index (χ2n) is 6.18. The smallest absolute Gasteiger partial charge is 0.272 e. The van der Waals surface area contributed by atoms with Crippen molar-refractivity contribution in [2.75, 3.05) is 13.1 Å². The van der Waals surface area contributed by atoms with Crippen molar-refractivity contribution in [3.05, 3.63) is 72.1 Å². The third kappa shape index (κ3) is 3.19. The molecule has 1 aliphatic heterocycles. The van der Waals surface area contributed by atoms with Crippen LogP contribution in [0.15, 0.2) is 60.8 Å². The van der Waals surface area contributed by atoms with Crippen LogP contribution < -0.4 is 0 Å². The van der Waals surface area contributed by atoms with E-state index in [9.17, 15) is 9.90 Å². The molecule has 2 heterocycles. The summed E-state index contributed by atoms with van der Waals surface area (Å²) in [5.74, 6) is -0.0820. The normalized spacial score (nSPS) is 14.5. The third-order valence-corrected chi connectivity index (χ3v) is 4.46. The number of carbonyl (C=O) groups excluding carboxylic acids is 1. The Bertz CT molecular complexity index is 897. The highest BCUT2D eigenvalue weighted by atomic mass is 16.5. The Balaban J connectivity index is 1.34. The molecule has 126 valence electrons. The molecule has 0 unspecified atom stereocenters. The average molecular weight is 334 g/mol. The molecular formula is C20H18N2O3. The predicted molar refractivity (Wildman–Crippen MR) is 94.3 cm³/mol. The molecule has 5 nitrogen and oxygen atoms in total. The van der Waals surface area contributed by atoms with Crippen LogP contribution in [0.25, 0.3) is 10.8 Å². The maximum absolute atomic E-state index is 12.3. The van der Waals surface area contributed by atoms with E-state index in [1.165, 1.54) is 29.1 Å². The minimum atomic E-state index is -0.134. The first kappa shape index (κ1) is 15.6. The van der Waals surface area contributed by atoms with Gasteiger partial charge in [-0.15, -0.1) is 0 Å². The number of likely N-dealkylation sites (tertiary alicyclic amines) is 1. The summed E-state index contributed by atoms with van der Waals surface area (Å²) in [6.45, 7) is 1.66. The zero-order valence-corrected chi connectivity index (χ0v) is 13.6. The van der Waals surface area contributed by atoms with Crippen LogP contribution in [0.2, 0.25) is 0 Å². The number of ether oxygens (including phenoxy) is 1. The Morgan fingerprint density at radius 2 is 1.92 bits per heavy atom. The fourth-order valence-electron chi connectivity index (χ4n) is 3.01. The van der Waals surface area contributed by atoms with Gasteiger partial charge >= 0.3 is 0 Å². The number of hydrogen-bond acceptors (Lipinski definition) is 4. The molecule has 1 aliphatic rings. The van der Waals surface area contributed by atoms with E-state index in [1.807, 2.05) is 18.2 Å². The number of benzene rings is 2. The Morgan fingerprint density at radius 1 is 1.12 bits per heavy atom. The van der Waals surface area contributed by atoms with E-state index < -0.39 is 0 Å². The van der Waals surface area contributed by atoms with Crippen molar-refractivity contribution in [3.8, 4) is 5.75 Å². The van der Waals surface area contributed by atoms with Crippen molar-refractivity contribution in [1.82, 2.24) is 9.88 Å². The molecule has 1 saturated heterocycles. The fraction of sp³-hybridized carbons (Fsp3) is 0.200. The molecular weight excluding hydrogens is 316 g/mol. The van der Waals surface area contributed by atoms with E-state index in [4.69, 9.17) is 4.74 Å². The quantitative estimate of drug-likeness (QED) is 0.797. The van der Waals surface area contributed by atoms with Crippen LogP contribution in [-0.4, -0.2) is 40.1 Å². The number of fused-ring (bicyclic) bond motifs is 1. The number of nitrogens with zero attached hydrogens (tertiary/aromatic N) is 2. The fourth-order valence-corrected chi connectivity index (χ4v) is 3.01. The van der Waals surface area contributed by atoms with Gasteiger partial charge in [0.15, 0.2) is 0 Å². The lowest BCUT2D eigenvalue weighted by atomic mass is 10.1. The van der Waals surface area contributed by atoms with E-state index in [2.05, 4.69) is 29.2 Å². The van der Waals surface area contributed by atoms with Gasteiger partial charge in [-0.2, -0.15) is 0 Å². The summed E-state index contributed by atoms with van der Waals surface area (Å²) in [6.07, 6.45) is 1.32. The molecule has 0 radical (unpaired) electrons. The van der Waals surface area contributed by atoms with E-state index in [0.29, 0.717) is 25.4 Å². The molecule has 2 aromatic carbocycles. The lowest BCUT2D eigenvalue weighted by Gasteiger charge is -2.38. The number of aromatic hydroxyl groups is 1. The molecule has 4 rings (SSSR count). The first-order chi connectivity index (χ1) is 12.2. The number of pyridine rings is 1. The summed E-state index contributed by atoms with van der Waals surface area (Å²) in [5.41, 5.74) is 1.49. The van der Waals surface area contributed by atoms with Crippen LogP contribution in [0, 0.1) is 0 Å². The second-order valence-corrected chi connectivity index (χ2v) is 6.18. The number of hydrogen-bond donors (Lipinski definition) is 1. The minimum absolute atomic E-state index is 0.0417. The molecule has 0 bridgehead atoms. The maximum Gasteiger partial charge on any atom is 0.272 e. The molecule has 0 atom stereocenters. The molecule has 5 heteroatoms. The summed E-state index contributed by atoms with van der Waals surface area (Å²) >= 11 is 0. The molecule has 0 spiro atoms. The van der Waals surface area contributed by atoms with Crippen LogP contribution in [0.4, 0.5) is 0 Å². The second kappa shape index (κ2) is 6.53. The summed E-state index contributed by atoms with van der Waals surface area (Å²) in [5, 5.41) is 11.6. The number of amides is 1. The van der Waals surface area contributed by atoms with E-state index >= 15 is 0 Å². The monoisotopic (exact) mass is 334 g/mol. The molecule has 1 fully saturated rings. The zero-order valence-electron chi connectivity index (χ0n) is 13.6. The van der Waals surface area contributed by atoms with Crippen molar-refractivity contribution in [2.24, 2.45) is 0 Å². The van der Waals surface area contributed by atoms with E-state index in [0.717, 1.165) is 5.56 Å². The molecule has 1 aromatic heterocycles. The van der Waals surface area contributed by atoms with Gasteiger partial charge in [0.25, 0.3) is 5.91 Å². The SMILES string of the molecule is O=C(c1ccc(O)cn1)N1CC(OCc2cccc3ccccc23)C1. The highest BCUT2D eigenvalue weighted by Gasteiger charge is 2.32. The Labute approximate surface area is 145 Å². The standard InChI is InChI=1S/C20H18N2O3/c23-16-8-9-19(21-10-16)20(24)22-11-17(12-22)25-13-15-6-3-5-14-4-1-2-7-18(14)15/h1-10,17,23H,11-13H2. The van der Waals surface area contributed by atoms with Crippen LogP contribution in [0.5, 0.6) is 5.75 Å². The first-order valence-corrected chi connectivity index (χ1v) is 8.23. The lowest BCUT2D eigenvalue weighted by molar-refractivity contribution is -0.0501. The molecule has 1 amide bonds. The largest absolute Gasteiger partial charge is 0.506 e. The van der Waals surface area contributed by atoms with Crippen molar-refractivity contribution < 1.29 is 14.6 Å². The van der Waals surface area contributed by atoms with Crippen LogP contribution in [0.1, 0.15) is 16.1 Å². The first-order valence-electron chi connectivity index (χ1n) is 8.23. The summed E-state index contributed by atoms with van der Waals surface area (Å²) < 4.78 is 5.95. The molecule has 0 saturated carbocycles. The van der Waals surface area contributed by atoms with E-state index in [-0.39, 0.29) is 17.8 Å². The van der Waals surface area contributed by atoms with Gasteiger partial charge in [-0.3, -0.25) is 4.79 Å².